The first kappa shape index (κ1) is 17.3. The van der Waals surface area contributed by atoms with Gasteiger partial charge >= 0.3 is 0 Å². The van der Waals surface area contributed by atoms with E-state index in [4.69, 9.17) is 10.00 Å². The Bertz CT molecular complexity index is 977. The van der Waals surface area contributed by atoms with Crippen LogP contribution in [0, 0.1) is 18.3 Å². The summed E-state index contributed by atoms with van der Waals surface area (Å²) in [7, 11) is 3.36. The molecule has 2 heterocycles. The molecule has 1 N–H and O–H groups in total. The summed E-state index contributed by atoms with van der Waals surface area (Å²) >= 11 is 0. The molecule has 0 fully saturated rings. The lowest BCUT2D eigenvalue weighted by molar-refractivity contribution is 0.101. The molecular weight excluding hydrogens is 330 g/mol. The predicted molar refractivity (Wildman–Crippen MR) is 97.1 cm³/mol. The highest BCUT2D eigenvalue weighted by Crippen LogP contribution is 2.17. The van der Waals surface area contributed by atoms with Gasteiger partial charge in [0.05, 0.1) is 24.9 Å². The number of carbonyl (C=O) groups is 1. The SMILES string of the molecule is COc1ccc(Cn2nc(C)cc2NC(=O)c2cc(C#N)cn2C)cc1. The topological polar surface area (TPSA) is 84.9 Å². The number of hydrogen-bond acceptors (Lipinski definition) is 4. The van der Waals surface area contributed by atoms with Crippen LogP contribution < -0.4 is 10.1 Å². The number of aryl methyl sites for hydroxylation is 2. The van der Waals surface area contributed by atoms with Gasteiger partial charge in [0, 0.05) is 19.3 Å². The minimum Gasteiger partial charge on any atom is -0.497 e. The van der Waals surface area contributed by atoms with Gasteiger partial charge in [0.15, 0.2) is 0 Å². The number of amides is 1. The third kappa shape index (κ3) is 3.59. The standard InChI is InChI=1S/C19H19N5O2/c1-13-8-18(21-19(25)17-9-15(10-20)11-23(17)2)24(22-13)12-14-4-6-16(26-3)7-5-14/h4-9,11H,12H2,1-3H3,(H,21,25). The lowest BCUT2D eigenvalue weighted by Crippen LogP contribution is -2.18. The van der Waals surface area contributed by atoms with Gasteiger partial charge in [-0.2, -0.15) is 10.4 Å². The molecule has 0 radical (unpaired) electrons. The summed E-state index contributed by atoms with van der Waals surface area (Å²) < 4.78 is 8.54. The summed E-state index contributed by atoms with van der Waals surface area (Å²) in [5.41, 5.74) is 2.70. The lowest BCUT2D eigenvalue weighted by atomic mass is 10.2. The van der Waals surface area contributed by atoms with Crippen molar-refractivity contribution in [2.75, 3.05) is 12.4 Å². The van der Waals surface area contributed by atoms with Gasteiger partial charge in [-0.15, -0.1) is 0 Å². The molecule has 2 aromatic heterocycles. The molecule has 0 saturated heterocycles. The van der Waals surface area contributed by atoms with Crippen molar-refractivity contribution in [2.24, 2.45) is 7.05 Å². The molecule has 0 unspecified atom stereocenters. The highest BCUT2D eigenvalue weighted by atomic mass is 16.5. The summed E-state index contributed by atoms with van der Waals surface area (Å²) in [5.74, 6) is 1.10. The van der Waals surface area contributed by atoms with Crippen LogP contribution in [0.3, 0.4) is 0 Å². The first-order valence-corrected chi connectivity index (χ1v) is 8.05. The maximum Gasteiger partial charge on any atom is 0.273 e. The number of benzene rings is 1. The molecule has 132 valence electrons. The van der Waals surface area contributed by atoms with E-state index in [1.807, 2.05) is 43.3 Å². The highest BCUT2D eigenvalue weighted by molar-refractivity contribution is 6.03. The van der Waals surface area contributed by atoms with E-state index in [9.17, 15) is 4.79 Å². The number of ether oxygens (including phenoxy) is 1. The molecule has 0 aliphatic carbocycles. The Morgan fingerprint density at radius 2 is 2.04 bits per heavy atom. The average Bonchev–Trinajstić information content (AvgIpc) is 3.17. The first-order valence-electron chi connectivity index (χ1n) is 8.05. The van der Waals surface area contributed by atoms with Gasteiger partial charge in [0.25, 0.3) is 5.91 Å². The number of anilines is 1. The van der Waals surface area contributed by atoms with Gasteiger partial charge in [-0.1, -0.05) is 12.1 Å². The Morgan fingerprint density at radius 3 is 2.65 bits per heavy atom. The van der Waals surface area contributed by atoms with Crippen LogP contribution in [-0.2, 0) is 13.6 Å². The predicted octanol–water partition coefficient (Wildman–Crippen LogP) is 2.71. The quantitative estimate of drug-likeness (QED) is 0.767. The molecule has 0 aliphatic heterocycles. The number of methoxy groups -OCH3 is 1. The largest absolute Gasteiger partial charge is 0.497 e. The van der Waals surface area contributed by atoms with E-state index >= 15 is 0 Å². The van der Waals surface area contributed by atoms with Crippen LogP contribution in [0.1, 0.15) is 27.3 Å². The molecule has 7 heteroatoms. The molecule has 1 amide bonds. The fourth-order valence-electron chi connectivity index (χ4n) is 2.70. The van der Waals surface area contributed by atoms with Crippen molar-refractivity contribution in [3.05, 3.63) is 65.1 Å². The molecule has 3 rings (SSSR count). The van der Waals surface area contributed by atoms with E-state index in [1.54, 1.807) is 35.7 Å². The fourth-order valence-corrected chi connectivity index (χ4v) is 2.70. The molecule has 0 aliphatic rings. The zero-order valence-electron chi connectivity index (χ0n) is 14.9. The summed E-state index contributed by atoms with van der Waals surface area (Å²) in [6, 6.07) is 13.1. The second-order valence-electron chi connectivity index (χ2n) is 5.97. The number of hydrogen-bond donors (Lipinski definition) is 1. The minimum absolute atomic E-state index is 0.287. The van der Waals surface area contributed by atoms with Crippen molar-refractivity contribution >= 4 is 11.7 Å². The van der Waals surface area contributed by atoms with Gasteiger partial charge in [-0.25, -0.2) is 4.68 Å². The lowest BCUT2D eigenvalue weighted by Gasteiger charge is -2.10. The summed E-state index contributed by atoms with van der Waals surface area (Å²) in [5, 5.41) is 16.3. The van der Waals surface area contributed by atoms with Crippen LogP contribution in [0.25, 0.3) is 0 Å². The van der Waals surface area contributed by atoms with Gasteiger partial charge in [0.1, 0.15) is 23.3 Å². The van der Waals surface area contributed by atoms with E-state index in [1.165, 1.54) is 0 Å². The number of rotatable bonds is 5. The summed E-state index contributed by atoms with van der Waals surface area (Å²) in [6.45, 7) is 2.39. The fraction of sp³-hybridized carbons (Fsp3) is 0.211. The molecule has 3 aromatic rings. The monoisotopic (exact) mass is 349 g/mol. The second-order valence-corrected chi connectivity index (χ2v) is 5.97. The van der Waals surface area contributed by atoms with Crippen LogP contribution in [0.5, 0.6) is 5.75 Å². The van der Waals surface area contributed by atoms with Crippen molar-refractivity contribution in [2.45, 2.75) is 13.5 Å². The molecule has 0 bridgehead atoms. The Labute approximate surface area is 151 Å². The zero-order valence-corrected chi connectivity index (χ0v) is 14.9. The highest BCUT2D eigenvalue weighted by Gasteiger charge is 2.15. The van der Waals surface area contributed by atoms with Crippen molar-refractivity contribution in [1.29, 1.82) is 5.26 Å². The van der Waals surface area contributed by atoms with Crippen LogP contribution >= 0.6 is 0 Å². The van der Waals surface area contributed by atoms with Crippen molar-refractivity contribution < 1.29 is 9.53 Å². The summed E-state index contributed by atoms with van der Waals surface area (Å²) in [4.78, 5) is 12.6. The molecular formula is C19H19N5O2. The number of nitriles is 1. The summed E-state index contributed by atoms with van der Waals surface area (Å²) in [6.07, 6.45) is 1.62. The van der Waals surface area contributed by atoms with E-state index < -0.39 is 0 Å². The number of aromatic nitrogens is 3. The molecule has 7 nitrogen and oxygen atoms in total. The Hall–Kier alpha value is -3.53. The molecule has 0 spiro atoms. The van der Waals surface area contributed by atoms with Crippen molar-refractivity contribution in [3.63, 3.8) is 0 Å². The maximum atomic E-state index is 12.6. The Morgan fingerprint density at radius 1 is 1.31 bits per heavy atom. The van der Waals surface area contributed by atoms with Gasteiger partial charge < -0.3 is 14.6 Å². The average molecular weight is 349 g/mol. The molecule has 0 saturated carbocycles. The molecule has 26 heavy (non-hydrogen) atoms. The van der Waals surface area contributed by atoms with E-state index in [0.29, 0.717) is 23.6 Å². The van der Waals surface area contributed by atoms with Gasteiger partial charge in [0.2, 0.25) is 0 Å². The third-order valence-electron chi connectivity index (χ3n) is 4.00. The molecule has 1 aromatic carbocycles. The van der Waals surface area contributed by atoms with E-state index in [2.05, 4.69) is 10.4 Å². The van der Waals surface area contributed by atoms with Crippen LogP contribution in [0.2, 0.25) is 0 Å². The van der Waals surface area contributed by atoms with Crippen LogP contribution in [0.15, 0.2) is 42.6 Å². The van der Waals surface area contributed by atoms with Crippen LogP contribution in [0.4, 0.5) is 5.82 Å². The van der Waals surface area contributed by atoms with Crippen LogP contribution in [-0.4, -0.2) is 27.4 Å². The maximum absolute atomic E-state index is 12.6. The van der Waals surface area contributed by atoms with Gasteiger partial charge in [-0.05, 0) is 30.7 Å². The Kier molecular flexibility index (Phi) is 4.76. The van der Waals surface area contributed by atoms with E-state index in [-0.39, 0.29) is 5.91 Å². The third-order valence-corrected chi connectivity index (χ3v) is 4.00. The second kappa shape index (κ2) is 7.15. The van der Waals surface area contributed by atoms with Gasteiger partial charge in [-0.3, -0.25) is 4.79 Å². The normalized spacial score (nSPS) is 10.4. The Balaban J connectivity index is 1.81. The smallest absolute Gasteiger partial charge is 0.273 e. The zero-order chi connectivity index (χ0) is 18.7. The number of carbonyl (C=O) groups excluding carboxylic acids is 1. The van der Waals surface area contributed by atoms with E-state index in [0.717, 1.165) is 17.0 Å². The number of nitrogens with one attached hydrogen (secondary N) is 1. The molecule has 0 atom stereocenters. The van der Waals surface area contributed by atoms with Crippen molar-refractivity contribution in [1.82, 2.24) is 14.3 Å². The van der Waals surface area contributed by atoms with Crippen molar-refractivity contribution in [3.8, 4) is 11.8 Å². The number of nitrogens with zero attached hydrogens (tertiary/aromatic N) is 4. The minimum atomic E-state index is -0.287. The first-order chi connectivity index (χ1) is 12.5.